The lowest BCUT2D eigenvalue weighted by atomic mass is 9.64. The molecule has 0 N–H and O–H groups in total. The molecule has 13 rings (SSSR count). The fourth-order valence-corrected chi connectivity index (χ4v) is 9.71. The van der Waals surface area contributed by atoms with E-state index in [1.165, 1.54) is 44.5 Å². The van der Waals surface area contributed by atoms with Crippen LogP contribution >= 0.6 is 31.9 Å². The van der Waals surface area contributed by atoms with E-state index in [1.54, 1.807) is 0 Å². The first kappa shape index (κ1) is 24.1. The summed E-state index contributed by atoms with van der Waals surface area (Å²) in [7, 11) is 0. The molecule has 0 unspecified atom stereocenters. The quantitative estimate of drug-likeness (QED) is 0.149. The van der Waals surface area contributed by atoms with Gasteiger partial charge in [-0.1, -0.05) is 97.1 Å². The molecule has 0 saturated carbocycles. The Morgan fingerprint density at radius 1 is 0.318 bits per heavy atom. The lowest BCUT2D eigenvalue weighted by Crippen LogP contribution is -2.30. The zero-order chi connectivity index (χ0) is 28.8. The number of aromatic nitrogens is 4. The molecule has 6 heteroatoms. The number of halogens is 2. The predicted octanol–water partition coefficient (Wildman–Crippen LogP) is 9.07. The second-order valence-electron chi connectivity index (χ2n) is 12.3. The van der Waals surface area contributed by atoms with E-state index in [0.29, 0.717) is 0 Å². The molecular formula is C38H20Br2N4. The van der Waals surface area contributed by atoms with Gasteiger partial charge in [0.2, 0.25) is 0 Å². The van der Waals surface area contributed by atoms with Crippen LogP contribution in [0.2, 0.25) is 0 Å². The summed E-state index contributed by atoms with van der Waals surface area (Å²) in [6, 6.07) is 35.1. The largest absolute Gasteiger partial charge is 0.247 e. The van der Waals surface area contributed by atoms with E-state index in [4.69, 9.17) is 19.9 Å². The highest BCUT2D eigenvalue weighted by Crippen LogP contribution is 2.57. The first-order valence-corrected chi connectivity index (χ1v) is 16.5. The van der Waals surface area contributed by atoms with Crippen molar-refractivity contribution in [3.05, 3.63) is 173 Å². The highest BCUT2D eigenvalue weighted by Gasteiger charge is 2.45. The van der Waals surface area contributed by atoms with Crippen LogP contribution < -0.4 is 0 Å². The van der Waals surface area contributed by atoms with Crippen LogP contribution in [0.5, 0.6) is 0 Å². The Kier molecular flexibility index (Phi) is 4.52. The van der Waals surface area contributed by atoms with Crippen molar-refractivity contribution in [2.45, 2.75) is 23.7 Å². The molecule has 206 valence electrons. The second kappa shape index (κ2) is 8.26. The van der Waals surface area contributed by atoms with E-state index in [0.717, 1.165) is 53.8 Å². The Hall–Kier alpha value is -4.26. The molecule has 0 spiro atoms. The minimum atomic E-state index is 0.0547. The third kappa shape index (κ3) is 2.76. The molecule has 0 radical (unpaired) electrons. The van der Waals surface area contributed by atoms with Gasteiger partial charge >= 0.3 is 0 Å². The number of hydrogen-bond acceptors (Lipinski definition) is 4. The van der Waals surface area contributed by atoms with Crippen molar-refractivity contribution in [3.63, 3.8) is 0 Å². The number of rotatable bonds is 0. The summed E-state index contributed by atoms with van der Waals surface area (Å²) >= 11 is 7.96. The lowest BCUT2D eigenvalue weighted by molar-refractivity contribution is 0.706. The van der Waals surface area contributed by atoms with Crippen molar-refractivity contribution in [2.24, 2.45) is 0 Å². The van der Waals surface area contributed by atoms with Crippen LogP contribution in [0.4, 0.5) is 0 Å². The van der Waals surface area contributed by atoms with Gasteiger partial charge in [-0.15, -0.1) is 0 Å². The lowest BCUT2D eigenvalue weighted by Gasteiger charge is -2.41. The Balaban J connectivity index is 1.21. The van der Waals surface area contributed by atoms with Crippen molar-refractivity contribution in [2.75, 3.05) is 0 Å². The first-order chi connectivity index (χ1) is 21.7. The van der Waals surface area contributed by atoms with Crippen LogP contribution in [0, 0.1) is 0 Å². The predicted molar refractivity (Wildman–Crippen MR) is 178 cm³/mol. The van der Waals surface area contributed by atoms with Crippen LogP contribution in [0.3, 0.4) is 0 Å². The van der Waals surface area contributed by atoms with Crippen molar-refractivity contribution in [3.8, 4) is 0 Å². The van der Waals surface area contributed by atoms with Gasteiger partial charge in [0.1, 0.15) is 22.1 Å². The molecule has 2 heterocycles. The summed E-state index contributed by atoms with van der Waals surface area (Å²) in [5.74, 6) is 0.219. The minimum Gasteiger partial charge on any atom is -0.247 e. The third-order valence-electron chi connectivity index (χ3n) is 10.3. The van der Waals surface area contributed by atoms with Gasteiger partial charge in [0.15, 0.2) is 0 Å². The molecule has 0 atom stereocenters. The maximum atomic E-state index is 5.43. The molecule has 6 aliphatic rings. The topological polar surface area (TPSA) is 51.6 Å². The molecule has 0 aliphatic heterocycles. The van der Waals surface area contributed by atoms with E-state index >= 15 is 0 Å². The maximum absolute atomic E-state index is 5.43. The Labute approximate surface area is 269 Å². The molecule has 0 fully saturated rings. The number of hydrogen-bond donors (Lipinski definition) is 0. The zero-order valence-corrected chi connectivity index (χ0v) is 26.3. The first-order valence-electron chi connectivity index (χ1n) is 14.9. The van der Waals surface area contributed by atoms with Gasteiger partial charge in [-0.25, -0.2) is 19.9 Å². The van der Waals surface area contributed by atoms with Gasteiger partial charge in [-0.2, -0.15) is 0 Å². The fourth-order valence-electron chi connectivity index (χ4n) is 8.60. The maximum Gasteiger partial charge on any atom is 0.107 e. The van der Waals surface area contributed by atoms with Crippen molar-refractivity contribution in [1.82, 2.24) is 19.9 Å². The average molecular weight is 692 g/mol. The van der Waals surface area contributed by atoms with Crippen LogP contribution in [-0.2, 0) is 0 Å². The van der Waals surface area contributed by atoms with Crippen LogP contribution in [0.15, 0.2) is 106 Å². The minimum absolute atomic E-state index is 0.0547. The van der Waals surface area contributed by atoms with Gasteiger partial charge in [0.05, 0.1) is 55.4 Å². The van der Waals surface area contributed by atoms with Crippen molar-refractivity contribution in [1.29, 1.82) is 0 Å². The fraction of sp³-hybridized carbons (Fsp3) is 0.105. The smallest absolute Gasteiger partial charge is 0.107 e. The summed E-state index contributed by atoms with van der Waals surface area (Å²) in [4.78, 5) is 21.7. The summed E-state index contributed by atoms with van der Waals surface area (Å²) in [6.45, 7) is 0. The third-order valence-corrected chi connectivity index (χ3v) is 11.8. The second-order valence-corrected chi connectivity index (χ2v) is 13.8. The SMILES string of the molecule is Brc1c2nc3c(nc2c(Br)c2nc4c(nc12)C1c2ccccc2C4c2ccccc21)C1c2ccccc2C3c2ccccc21. The number of nitrogens with zero attached hydrogens (tertiary/aromatic N) is 4. The highest BCUT2D eigenvalue weighted by molar-refractivity contribution is 9.11. The summed E-state index contributed by atoms with van der Waals surface area (Å²) < 4.78 is 1.70. The van der Waals surface area contributed by atoms with Crippen LogP contribution in [0.25, 0.3) is 22.1 Å². The number of fused-ring (bicyclic) bond motifs is 2. The van der Waals surface area contributed by atoms with E-state index in [-0.39, 0.29) is 23.7 Å². The van der Waals surface area contributed by atoms with E-state index in [9.17, 15) is 0 Å². The van der Waals surface area contributed by atoms with Crippen molar-refractivity contribution < 1.29 is 0 Å². The average Bonchev–Trinajstić information content (AvgIpc) is 3.09. The molecule has 4 bridgehead atoms. The van der Waals surface area contributed by atoms with E-state index in [2.05, 4.69) is 129 Å². The van der Waals surface area contributed by atoms with Crippen LogP contribution in [0.1, 0.15) is 91.0 Å². The van der Waals surface area contributed by atoms with E-state index < -0.39 is 0 Å². The normalized spacial score (nSPS) is 21.0. The number of benzene rings is 5. The van der Waals surface area contributed by atoms with Gasteiger partial charge in [-0.05, 0) is 76.4 Å². The molecular weight excluding hydrogens is 672 g/mol. The molecule has 0 amide bonds. The van der Waals surface area contributed by atoms with Crippen LogP contribution in [-0.4, -0.2) is 19.9 Å². The van der Waals surface area contributed by atoms with Gasteiger partial charge < -0.3 is 0 Å². The molecule has 7 aromatic rings. The van der Waals surface area contributed by atoms with Gasteiger partial charge in [0, 0.05) is 0 Å². The Morgan fingerprint density at radius 3 is 0.682 bits per heavy atom. The molecule has 4 nitrogen and oxygen atoms in total. The zero-order valence-electron chi connectivity index (χ0n) is 23.1. The van der Waals surface area contributed by atoms with Gasteiger partial charge in [0.25, 0.3) is 0 Å². The summed E-state index contributed by atoms with van der Waals surface area (Å²) in [5, 5.41) is 0. The summed E-state index contributed by atoms with van der Waals surface area (Å²) in [5.41, 5.74) is 18.1. The summed E-state index contributed by atoms with van der Waals surface area (Å²) in [6.07, 6.45) is 0. The molecule has 0 saturated heterocycles. The monoisotopic (exact) mass is 690 g/mol. The highest BCUT2D eigenvalue weighted by atomic mass is 79.9. The molecule has 44 heavy (non-hydrogen) atoms. The standard InChI is InChI=1S/C38H20Br2N4/c39-29-35-36(42-32-26-18-10-2-1-9-17(18)25(31(32)41-35)19-11-3-4-12-20(19)26)30(40)38-37(29)43-33-27-21-13-5-7-15-23(21)28(34(33)44-38)24-16-8-6-14-22(24)27/h1-16,25-28H. The van der Waals surface area contributed by atoms with Gasteiger partial charge in [-0.3, -0.25) is 0 Å². The van der Waals surface area contributed by atoms with E-state index in [1.807, 2.05) is 0 Å². The molecule has 5 aromatic carbocycles. The molecule has 2 aromatic heterocycles. The Morgan fingerprint density at radius 2 is 0.500 bits per heavy atom. The molecule has 6 aliphatic carbocycles. The van der Waals surface area contributed by atoms with Crippen molar-refractivity contribution >= 4 is 53.9 Å². The Bertz CT molecular complexity index is 2040.